The summed E-state index contributed by atoms with van der Waals surface area (Å²) < 4.78 is 8.14. The van der Waals surface area contributed by atoms with Crippen LogP contribution in [0.15, 0.2) is 48.7 Å². The predicted octanol–water partition coefficient (Wildman–Crippen LogP) is 5.61. The maximum Gasteiger partial charge on any atom is 0.153 e. The minimum absolute atomic E-state index is 0.0940. The zero-order chi connectivity index (χ0) is 29.9. The Labute approximate surface area is 249 Å². The molecule has 226 valence electrons. The molecule has 2 N–H and O–H groups in total. The number of carbonyl (C=O) groups excluding carboxylic acids is 1. The van der Waals surface area contributed by atoms with Crippen LogP contribution in [0, 0.1) is 35.0 Å². The number of fused-ring (bicyclic) bond motifs is 3. The number of nitrogens with zero attached hydrogens (tertiary/aromatic N) is 2. The molecule has 2 bridgehead atoms. The topological polar surface area (TPSA) is 84.2 Å². The van der Waals surface area contributed by atoms with Crippen molar-refractivity contribution in [1.82, 2.24) is 9.63 Å². The lowest BCUT2D eigenvalue weighted by Gasteiger charge is -2.62. The fourth-order valence-electron chi connectivity index (χ4n) is 8.75. The maximum atomic E-state index is 14.2. The number of ether oxygens (including phenoxy) is 1. The number of aliphatic hydroxyl groups excluding tert-OH is 2. The predicted molar refractivity (Wildman–Crippen MR) is 164 cm³/mol. The molecule has 7 nitrogen and oxygen atoms in total. The van der Waals surface area contributed by atoms with Gasteiger partial charge in [-0.15, -0.1) is 0 Å². The summed E-state index contributed by atoms with van der Waals surface area (Å²) in [5.74, 6) is 2.46. The first-order chi connectivity index (χ1) is 20.1. The van der Waals surface area contributed by atoms with Gasteiger partial charge in [0.2, 0.25) is 0 Å². The molecule has 8 atom stereocenters. The SMILES string of the molecule is COc1c(CN2O[C@@H](CO)[C@H]([C@H](C)O)[C@H]2C(=O)C[C@H]2C[C@H]3C[C@@H]([C@@H]2C)C3(C)C)cccc1-c1cccc2ccn(C)c12. The molecule has 1 saturated heterocycles. The van der Waals surface area contributed by atoms with E-state index in [1.165, 1.54) is 6.42 Å². The summed E-state index contributed by atoms with van der Waals surface area (Å²) in [5.41, 5.74) is 4.40. The lowest BCUT2D eigenvalue weighted by Crippen LogP contribution is -2.55. The maximum absolute atomic E-state index is 14.2. The average Bonchev–Trinajstić information content (AvgIpc) is 3.54. The number of hydroxylamine groups is 2. The van der Waals surface area contributed by atoms with Gasteiger partial charge >= 0.3 is 0 Å². The molecule has 3 aliphatic carbocycles. The Hall–Kier alpha value is -2.71. The van der Waals surface area contributed by atoms with Crippen LogP contribution in [0.5, 0.6) is 5.75 Å². The Kier molecular flexibility index (Phi) is 7.75. The van der Waals surface area contributed by atoms with Crippen LogP contribution in [0.4, 0.5) is 0 Å². The van der Waals surface area contributed by atoms with Gasteiger partial charge in [-0.05, 0) is 54.9 Å². The van der Waals surface area contributed by atoms with Gasteiger partial charge in [0.1, 0.15) is 17.9 Å². The largest absolute Gasteiger partial charge is 0.496 e. The van der Waals surface area contributed by atoms with Crippen LogP contribution in [0.25, 0.3) is 22.0 Å². The zero-order valence-electron chi connectivity index (χ0n) is 25.8. The quantitative estimate of drug-likeness (QED) is 0.346. The molecule has 0 radical (unpaired) electrons. The number of para-hydroxylation sites is 2. The number of carbonyl (C=O) groups is 1. The van der Waals surface area contributed by atoms with Gasteiger partial charge in [0, 0.05) is 47.7 Å². The van der Waals surface area contributed by atoms with Crippen LogP contribution in [-0.2, 0) is 23.2 Å². The van der Waals surface area contributed by atoms with E-state index in [1.54, 1.807) is 19.1 Å². The monoisotopic (exact) mass is 574 g/mol. The van der Waals surface area contributed by atoms with Gasteiger partial charge in [-0.25, -0.2) is 0 Å². The summed E-state index contributed by atoms with van der Waals surface area (Å²) in [4.78, 5) is 20.4. The Balaban J connectivity index is 1.31. The second-order valence-corrected chi connectivity index (χ2v) is 13.7. The smallest absolute Gasteiger partial charge is 0.153 e. The number of ketones is 1. The summed E-state index contributed by atoms with van der Waals surface area (Å²) in [6.07, 6.45) is 3.42. The minimum Gasteiger partial charge on any atom is -0.496 e. The molecule has 3 aromatic rings. The standard InChI is InChI=1S/C35H46N2O5/c1-20-24(15-25-17-28(20)35(25,3)4)16-29(40)33-31(21(2)39)30(19-38)42-37(33)18-23-10-8-12-27(34(23)41-6)26-11-7-9-22-13-14-36(5)32(22)26/h7-14,20-21,24-25,28,30-31,33,38-39H,15-19H2,1-6H3/t20-,21+,24-,25+,28+,30+,31+,33-/m1/s1. The Morgan fingerprint density at radius 1 is 1.14 bits per heavy atom. The lowest BCUT2D eigenvalue weighted by molar-refractivity contribution is -0.183. The van der Waals surface area contributed by atoms with E-state index in [0.717, 1.165) is 39.8 Å². The van der Waals surface area contributed by atoms with Crippen LogP contribution >= 0.6 is 0 Å². The highest BCUT2D eigenvalue weighted by Gasteiger charge is 2.57. The van der Waals surface area contributed by atoms with Gasteiger partial charge in [0.25, 0.3) is 0 Å². The second-order valence-electron chi connectivity index (χ2n) is 13.7. The van der Waals surface area contributed by atoms with Gasteiger partial charge in [0.05, 0.1) is 31.9 Å². The van der Waals surface area contributed by atoms with Crippen LogP contribution < -0.4 is 4.74 Å². The van der Waals surface area contributed by atoms with Gasteiger partial charge in [-0.1, -0.05) is 57.2 Å². The molecule has 2 aromatic carbocycles. The number of benzene rings is 2. The van der Waals surface area contributed by atoms with E-state index in [4.69, 9.17) is 9.57 Å². The molecule has 1 aliphatic heterocycles. The Bertz CT molecular complexity index is 1460. The molecule has 7 rings (SSSR count). The third-order valence-corrected chi connectivity index (χ3v) is 11.2. The molecule has 4 aliphatic rings. The van der Waals surface area contributed by atoms with E-state index < -0.39 is 24.2 Å². The summed E-state index contributed by atoms with van der Waals surface area (Å²) >= 11 is 0. The normalized spacial score (nSPS) is 31.2. The second kappa shape index (κ2) is 11.1. The molecule has 7 heteroatoms. The van der Waals surface area contributed by atoms with Crippen LogP contribution in [0.3, 0.4) is 0 Å². The third-order valence-electron chi connectivity index (χ3n) is 11.2. The number of aromatic nitrogens is 1. The van der Waals surface area contributed by atoms with Crippen molar-refractivity contribution in [2.45, 2.75) is 71.8 Å². The molecule has 1 aromatic heterocycles. The molecule has 2 heterocycles. The molecule has 4 fully saturated rings. The summed E-state index contributed by atoms with van der Waals surface area (Å²) in [6, 6.07) is 13.8. The van der Waals surface area contributed by atoms with Gasteiger partial charge in [-0.2, -0.15) is 5.06 Å². The van der Waals surface area contributed by atoms with E-state index in [9.17, 15) is 15.0 Å². The van der Waals surface area contributed by atoms with Crippen LogP contribution in [0.1, 0.15) is 52.5 Å². The molecule has 3 saturated carbocycles. The number of rotatable bonds is 9. The zero-order valence-corrected chi connectivity index (χ0v) is 25.8. The van der Waals surface area contributed by atoms with E-state index in [1.807, 2.05) is 19.2 Å². The number of methoxy groups -OCH3 is 1. The Morgan fingerprint density at radius 3 is 2.55 bits per heavy atom. The average molecular weight is 575 g/mol. The highest BCUT2D eigenvalue weighted by Crippen LogP contribution is 2.63. The number of hydrogen-bond donors (Lipinski definition) is 2. The first-order valence-electron chi connectivity index (χ1n) is 15.5. The summed E-state index contributed by atoms with van der Waals surface area (Å²) in [5, 5.41) is 23.9. The highest BCUT2D eigenvalue weighted by molar-refractivity contribution is 5.96. The van der Waals surface area contributed by atoms with Crippen molar-refractivity contribution in [2.24, 2.45) is 42.1 Å². The van der Waals surface area contributed by atoms with Crippen molar-refractivity contribution in [1.29, 1.82) is 0 Å². The number of hydrogen-bond acceptors (Lipinski definition) is 6. The minimum atomic E-state index is -0.805. The first kappa shape index (κ1) is 29.4. The van der Waals surface area contributed by atoms with Crippen LogP contribution in [0.2, 0.25) is 0 Å². The molecule has 0 amide bonds. The number of Topliss-reactive ketones (excluding diaryl/α,β-unsaturated/α-hetero) is 1. The van der Waals surface area contributed by atoms with Crippen molar-refractivity contribution in [2.75, 3.05) is 13.7 Å². The van der Waals surface area contributed by atoms with Gasteiger partial charge < -0.3 is 19.5 Å². The lowest BCUT2D eigenvalue weighted by atomic mass is 9.43. The van der Waals surface area contributed by atoms with E-state index >= 15 is 0 Å². The van der Waals surface area contributed by atoms with E-state index in [2.05, 4.69) is 61.9 Å². The Morgan fingerprint density at radius 2 is 1.88 bits per heavy atom. The van der Waals surface area contributed by atoms with Crippen molar-refractivity contribution in [3.63, 3.8) is 0 Å². The molecular weight excluding hydrogens is 528 g/mol. The first-order valence-corrected chi connectivity index (χ1v) is 15.5. The van der Waals surface area contributed by atoms with Gasteiger partial charge in [0.15, 0.2) is 5.78 Å². The van der Waals surface area contributed by atoms with E-state index in [0.29, 0.717) is 42.1 Å². The third kappa shape index (κ3) is 4.69. The highest BCUT2D eigenvalue weighted by atomic mass is 16.7. The van der Waals surface area contributed by atoms with Crippen LogP contribution in [-0.4, -0.2) is 57.6 Å². The van der Waals surface area contributed by atoms with Crippen molar-refractivity contribution in [3.05, 3.63) is 54.2 Å². The fourth-order valence-corrected chi connectivity index (χ4v) is 8.75. The molecule has 42 heavy (non-hydrogen) atoms. The van der Waals surface area contributed by atoms with E-state index in [-0.39, 0.29) is 12.4 Å². The van der Waals surface area contributed by atoms with Gasteiger partial charge in [-0.3, -0.25) is 9.63 Å². The van der Waals surface area contributed by atoms with Crippen molar-refractivity contribution in [3.8, 4) is 16.9 Å². The fraction of sp³-hybridized carbons (Fsp3) is 0.571. The van der Waals surface area contributed by atoms with Crippen molar-refractivity contribution >= 4 is 16.7 Å². The number of aliphatic hydroxyl groups is 2. The molecular formula is C35H46N2O5. The molecule has 0 unspecified atom stereocenters. The summed E-state index contributed by atoms with van der Waals surface area (Å²) in [7, 11) is 3.71. The molecule has 0 spiro atoms. The number of aryl methyl sites for hydroxylation is 1. The van der Waals surface area contributed by atoms with Crippen molar-refractivity contribution < 1.29 is 24.6 Å². The summed E-state index contributed by atoms with van der Waals surface area (Å²) in [6.45, 7) is 8.80.